The average molecular weight is 577 g/mol. The van der Waals surface area contributed by atoms with Crippen LogP contribution in [0.1, 0.15) is 56.2 Å². The number of rotatable bonds is 8. The summed E-state index contributed by atoms with van der Waals surface area (Å²) >= 11 is 1.60. The maximum atomic E-state index is 13.4. The minimum Gasteiger partial charge on any atom is -0.362 e. The number of sulfonamides is 1. The zero-order valence-electron chi connectivity index (χ0n) is 23.0. The molecule has 2 saturated heterocycles. The highest BCUT2D eigenvalue weighted by atomic mass is 32.2. The van der Waals surface area contributed by atoms with E-state index in [0.29, 0.717) is 31.9 Å². The van der Waals surface area contributed by atoms with Crippen molar-refractivity contribution in [2.45, 2.75) is 69.7 Å². The summed E-state index contributed by atoms with van der Waals surface area (Å²) in [6.45, 7) is 9.00. The number of thiazole rings is 1. The smallest absolute Gasteiger partial charge is 0.296 e. The molecule has 3 heterocycles. The molecule has 1 aliphatic carbocycles. The molecule has 10 nitrogen and oxygen atoms in total. The summed E-state index contributed by atoms with van der Waals surface area (Å²) in [5, 5.41) is 15.2. The van der Waals surface area contributed by atoms with Gasteiger partial charge in [0.05, 0.1) is 15.5 Å². The molecule has 0 bridgehead atoms. The minimum atomic E-state index is -3.89. The summed E-state index contributed by atoms with van der Waals surface area (Å²) in [5.41, 5.74) is 1.53. The van der Waals surface area contributed by atoms with Crippen LogP contribution in [0.3, 0.4) is 0 Å². The van der Waals surface area contributed by atoms with Crippen molar-refractivity contribution >= 4 is 37.9 Å². The van der Waals surface area contributed by atoms with Crippen molar-refractivity contribution in [3.8, 4) is 0 Å². The van der Waals surface area contributed by atoms with Crippen molar-refractivity contribution in [3.05, 3.63) is 38.9 Å². The van der Waals surface area contributed by atoms with Crippen LogP contribution in [0.5, 0.6) is 0 Å². The summed E-state index contributed by atoms with van der Waals surface area (Å²) in [7, 11) is -3.89. The van der Waals surface area contributed by atoms with Crippen molar-refractivity contribution in [1.29, 1.82) is 0 Å². The van der Waals surface area contributed by atoms with Crippen molar-refractivity contribution in [2.75, 3.05) is 55.6 Å². The molecule has 1 N–H and O–H groups in total. The number of piperidine rings is 1. The van der Waals surface area contributed by atoms with Crippen LogP contribution < -0.4 is 14.5 Å². The molecular weight excluding hydrogens is 536 g/mol. The van der Waals surface area contributed by atoms with Gasteiger partial charge in [-0.2, -0.15) is 0 Å². The van der Waals surface area contributed by atoms with Gasteiger partial charge in [0.1, 0.15) is 5.69 Å². The SMILES string of the molecule is Cc1csc(N2CCN(c3ccc(S(=O)(=O)NC4CCN(CC5CCCCC5)CC4)c(C)c3[N+](=O)[O-])CC2)n1. The molecule has 0 unspecified atom stereocenters. The molecule has 0 atom stereocenters. The highest BCUT2D eigenvalue weighted by Crippen LogP contribution is 2.37. The van der Waals surface area contributed by atoms with E-state index in [9.17, 15) is 18.5 Å². The van der Waals surface area contributed by atoms with Crippen LogP contribution in [0, 0.1) is 29.9 Å². The van der Waals surface area contributed by atoms with E-state index in [4.69, 9.17) is 0 Å². The first-order chi connectivity index (χ1) is 18.7. The van der Waals surface area contributed by atoms with Gasteiger partial charge in [0.15, 0.2) is 5.13 Å². The van der Waals surface area contributed by atoms with E-state index in [1.54, 1.807) is 24.3 Å². The number of anilines is 2. The van der Waals surface area contributed by atoms with Gasteiger partial charge in [-0.25, -0.2) is 18.1 Å². The second-order valence-electron chi connectivity index (χ2n) is 11.3. The van der Waals surface area contributed by atoms with E-state index in [1.165, 1.54) is 38.2 Å². The molecule has 0 spiro atoms. The average Bonchev–Trinajstić information content (AvgIpc) is 3.36. The summed E-state index contributed by atoms with van der Waals surface area (Å²) < 4.78 is 29.7. The number of benzene rings is 1. The molecule has 1 saturated carbocycles. The predicted octanol–water partition coefficient (Wildman–Crippen LogP) is 4.32. The van der Waals surface area contributed by atoms with E-state index in [0.717, 1.165) is 49.2 Å². The zero-order valence-corrected chi connectivity index (χ0v) is 24.6. The highest BCUT2D eigenvalue weighted by molar-refractivity contribution is 7.89. The Hall–Kier alpha value is -2.28. The van der Waals surface area contributed by atoms with Crippen molar-refractivity contribution in [1.82, 2.24) is 14.6 Å². The molecule has 214 valence electrons. The molecule has 0 radical (unpaired) electrons. The number of aromatic nitrogens is 1. The molecule has 1 aromatic heterocycles. The zero-order chi connectivity index (χ0) is 27.6. The van der Waals surface area contributed by atoms with Gasteiger partial charge < -0.3 is 14.7 Å². The van der Waals surface area contributed by atoms with Crippen LogP contribution in [-0.4, -0.2) is 75.1 Å². The van der Waals surface area contributed by atoms with E-state index < -0.39 is 14.9 Å². The Morgan fingerprint density at radius 1 is 1.00 bits per heavy atom. The third-order valence-electron chi connectivity index (χ3n) is 8.48. The number of nitrogens with zero attached hydrogens (tertiary/aromatic N) is 5. The first-order valence-electron chi connectivity index (χ1n) is 14.2. The third-order valence-corrected chi connectivity index (χ3v) is 11.2. The molecular formula is C27H40N6O4S2. The number of nitro groups is 1. The van der Waals surface area contributed by atoms with Gasteiger partial charge in [-0.3, -0.25) is 10.1 Å². The Balaban J connectivity index is 1.24. The van der Waals surface area contributed by atoms with Crippen molar-refractivity contribution in [2.24, 2.45) is 5.92 Å². The standard InChI is InChI=1S/C27H40N6O4S2/c1-20-19-38-27(28-20)32-16-14-31(15-17-32)24-8-9-25(21(2)26(24)33(34)35)39(36,37)29-23-10-12-30(13-11-23)18-22-6-4-3-5-7-22/h8-9,19,22-23,29H,3-7,10-18H2,1-2H3. The fraction of sp³-hybridized carbons (Fsp3) is 0.667. The quantitative estimate of drug-likeness (QED) is 0.365. The van der Waals surface area contributed by atoms with Crippen LogP contribution in [-0.2, 0) is 10.0 Å². The number of nitrogens with one attached hydrogen (secondary N) is 1. The number of hydrogen-bond acceptors (Lipinski definition) is 9. The van der Waals surface area contributed by atoms with Gasteiger partial charge in [0, 0.05) is 49.7 Å². The monoisotopic (exact) mass is 576 g/mol. The molecule has 39 heavy (non-hydrogen) atoms. The first-order valence-corrected chi connectivity index (χ1v) is 16.5. The van der Waals surface area contributed by atoms with E-state index in [2.05, 4.69) is 19.5 Å². The second kappa shape index (κ2) is 12.1. The Labute approximate surface area is 235 Å². The lowest BCUT2D eigenvalue weighted by Gasteiger charge is -2.36. The molecule has 1 aromatic carbocycles. The summed E-state index contributed by atoms with van der Waals surface area (Å²) in [6.07, 6.45) is 8.13. The fourth-order valence-electron chi connectivity index (χ4n) is 6.32. The highest BCUT2D eigenvalue weighted by Gasteiger charge is 2.33. The molecule has 3 fully saturated rings. The Kier molecular flexibility index (Phi) is 8.75. The molecule has 0 amide bonds. The first kappa shape index (κ1) is 28.3. The summed E-state index contributed by atoms with van der Waals surface area (Å²) in [6, 6.07) is 2.99. The number of hydrogen-bond donors (Lipinski definition) is 1. The van der Waals surface area contributed by atoms with Gasteiger partial charge in [0.25, 0.3) is 5.69 Å². The van der Waals surface area contributed by atoms with Gasteiger partial charge in [-0.05, 0) is 70.7 Å². The Morgan fingerprint density at radius 3 is 2.28 bits per heavy atom. The van der Waals surface area contributed by atoms with Gasteiger partial charge >= 0.3 is 0 Å². The topological polar surface area (TPSA) is 112 Å². The fourth-order valence-corrected chi connectivity index (χ4v) is 8.73. The third kappa shape index (κ3) is 6.55. The Morgan fingerprint density at radius 2 is 1.67 bits per heavy atom. The molecule has 2 aromatic rings. The van der Waals surface area contributed by atoms with Gasteiger partial charge in [-0.1, -0.05) is 19.3 Å². The molecule has 12 heteroatoms. The second-order valence-corrected chi connectivity index (χ2v) is 13.8. The van der Waals surface area contributed by atoms with Gasteiger partial charge in [-0.15, -0.1) is 11.3 Å². The lowest BCUT2D eigenvalue weighted by molar-refractivity contribution is -0.384. The normalized spacial score (nSPS) is 20.5. The maximum absolute atomic E-state index is 13.4. The number of nitro benzene ring substituents is 1. The molecule has 2 aliphatic heterocycles. The maximum Gasteiger partial charge on any atom is 0.296 e. The lowest BCUT2D eigenvalue weighted by Crippen LogP contribution is -2.47. The Bertz CT molecular complexity index is 1260. The predicted molar refractivity (Wildman–Crippen MR) is 155 cm³/mol. The van der Waals surface area contributed by atoms with Crippen molar-refractivity contribution < 1.29 is 13.3 Å². The van der Waals surface area contributed by atoms with E-state index >= 15 is 0 Å². The summed E-state index contributed by atoms with van der Waals surface area (Å²) in [5.74, 6) is 0.772. The molecule has 5 rings (SSSR count). The van der Waals surface area contributed by atoms with Crippen LogP contribution >= 0.6 is 11.3 Å². The van der Waals surface area contributed by atoms with Gasteiger partial charge in [0.2, 0.25) is 10.0 Å². The molecule has 3 aliphatic rings. The van der Waals surface area contributed by atoms with E-state index in [1.807, 2.05) is 17.2 Å². The van der Waals surface area contributed by atoms with E-state index in [-0.39, 0.29) is 22.2 Å². The number of piperazine rings is 1. The van der Waals surface area contributed by atoms with Crippen LogP contribution in [0.15, 0.2) is 22.4 Å². The summed E-state index contributed by atoms with van der Waals surface area (Å²) in [4.78, 5) is 22.9. The van der Waals surface area contributed by atoms with Crippen molar-refractivity contribution in [3.63, 3.8) is 0 Å². The van der Waals surface area contributed by atoms with Crippen LogP contribution in [0.4, 0.5) is 16.5 Å². The number of aryl methyl sites for hydroxylation is 1. The van der Waals surface area contributed by atoms with Crippen LogP contribution in [0.25, 0.3) is 0 Å². The number of likely N-dealkylation sites (tertiary alicyclic amines) is 1. The van der Waals surface area contributed by atoms with Crippen LogP contribution in [0.2, 0.25) is 0 Å². The lowest BCUT2D eigenvalue weighted by atomic mass is 9.88. The largest absolute Gasteiger partial charge is 0.362 e. The minimum absolute atomic E-state index is 0.000480.